The molecule has 0 spiro atoms. The van der Waals surface area contributed by atoms with Gasteiger partial charge in [0, 0.05) is 35.4 Å². The van der Waals surface area contributed by atoms with E-state index in [0.29, 0.717) is 41.9 Å². The van der Waals surface area contributed by atoms with Gasteiger partial charge in [-0.05, 0) is 48.6 Å². The zero-order chi connectivity index (χ0) is 27.4. The molecular weight excluding hydrogens is 490 g/mol. The summed E-state index contributed by atoms with van der Waals surface area (Å²) in [6.45, 7) is 2.12. The van der Waals surface area contributed by atoms with Crippen LogP contribution in [0.5, 0.6) is 11.5 Å². The van der Waals surface area contributed by atoms with Gasteiger partial charge in [-0.15, -0.1) is 0 Å². The number of carbonyl (C=O) groups is 2. The van der Waals surface area contributed by atoms with E-state index in [2.05, 4.69) is 5.32 Å². The molecule has 1 N–H and O–H groups in total. The van der Waals surface area contributed by atoms with Gasteiger partial charge < -0.3 is 19.5 Å². The molecule has 0 fully saturated rings. The summed E-state index contributed by atoms with van der Waals surface area (Å²) in [5.41, 5.74) is 5.56. The van der Waals surface area contributed by atoms with Gasteiger partial charge in [0.15, 0.2) is 5.78 Å². The van der Waals surface area contributed by atoms with E-state index in [1.54, 1.807) is 14.2 Å². The van der Waals surface area contributed by atoms with E-state index in [1.165, 1.54) is 0 Å². The van der Waals surface area contributed by atoms with E-state index in [1.807, 2.05) is 85.8 Å². The van der Waals surface area contributed by atoms with Gasteiger partial charge in [0.25, 0.3) is 0 Å². The molecule has 200 valence electrons. The number of para-hydroxylation sites is 1. The van der Waals surface area contributed by atoms with E-state index >= 15 is 0 Å². The molecule has 1 heterocycles. The van der Waals surface area contributed by atoms with E-state index < -0.39 is 11.9 Å². The molecule has 6 nitrogen and oxygen atoms in total. The lowest BCUT2D eigenvalue weighted by Gasteiger charge is -2.37. The van der Waals surface area contributed by atoms with E-state index in [0.717, 1.165) is 28.1 Å². The van der Waals surface area contributed by atoms with E-state index in [-0.39, 0.29) is 18.3 Å². The van der Waals surface area contributed by atoms with Crippen molar-refractivity contribution < 1.29 is 23.8 Å². The Morgan fingerprint density at radius 3 is 2.33 bits per heavy atom. The van der Waals surface area contributed by atoms with Crippen LogP contribution < -0.4 is 14.8 Å². The first-order chi connectivity index (χ1) is 19.0. The molecule has 6 heteroatoms. The Morgan fingerprint density at radius 2 is 1.62 bits per heavy atom. The molecule has 3 aromatic rings. The summed E-state index contributed by atoms with van der Waals surface area (Å²) >= 11 is 0. The zero-order valence-corrected chi connectivity index (χ0v) is 22.5. The van der Waals surface area contributed by atoms with Crippen LogP contribution in [0.1, 0.15) is 48.3 Å². The number of hydrogen-bond donors (Lipinski definition) is 1. The quantitative estimate of drug-likeness (QED) is 0.374. The smallest absolute Gasteiger partial charge is 0.336 e. The van der Waals surface area contributed by atoms with Gasteiger partial charge in [-0.1, -0.05) is 60.7 Å². The average Bonchev–Trinajstić information content (AvgIpc) is 2.96. The molecule has 0 saturated carbocycles. The highest BCUT2D eigenvalue weighted by Crippen LogP contribution is 2.47. The number of methoxy groups -OCH3 is 2. The number of nitrogens with one attached hydrogen (secondary N) is 1. The predicted octanol–water partition coefficient (Wildman–Crippen LogP) is 5.85. The third-order valence-corrected chi connectivity index (χ3v) is 7.55. The maximum absolute atomic E-state index is 13.9. The first-order valence-electron chi connectivity index (χ1n) is 13.2. The number of ketones is 1. The molecule has 5 rings (SSSR count). The Kier molecular flexibility index (Phi) is 7.82. The zero-order valence-electron chi connectivity index (χ0n) is 22.5. The fourth-order valence-corrected chi connectivity index (χ4v) is 5.62. The maximum Gasteiger partial charge on any atom is 0.336 e. The molecule has 1 aliphatic heterocycles. The molecule has 0 aromatic heterocycles. The van der Waals surface area contributed by atoms with Crippen LogP contribution in [0.2, 0.25) is 0 Å². The number of Topliss-reactive ketones (excluding diaryl/α,β-unsaturated/α-hetero) is 1. The fourth-order valence-electron chi connectivity index (χ4n) is 5.62. The minimum Gasteiger partial charge on any atom is -0.497 e. The van der Waals surface area contributed by atoms with Crippen LogP contribution in [0.4, 0.5) is 0 Å². The Balaban J connectivity index is 1.48. The molecule has 0 amide bonds. The number of allylic oxidation sites excluding steroid dienone is 3. The first kappa shape index (κ1) is 26.3. The molecule has 2 aliphatic rings. The second-order valence-electron chi connectivity index (χ2n) is 9.90. The predicted molar refractivity (Wildman–Crippen MR) is 150 cm³/mol. The van der Waals surface area contributed by atoms with Crippen LogP contribution in [-0.4, -0.2) is 32.6 Å². The second kappa shape index (κ2) is 11.6. The molecule has 1 aliphatic carbocycles. The van der Waals surface area contributed by atoms with Crippen LogP contribution in [-0.2, 0) is 20.7 Å². The van der Waals surface area contributed by atoms with Gasteiger partial charge in [-0.25, -0.2) is 4.79 Å². The number of dihydropyridines is 1. The summed E-state index contributed by atoms with van der Waals surface area (Å²) in [5.74, 6) is 0.447. The lowest BCUT2D eigenvalue weighted by Crippen LogP contribution is -2.36. The molecule has 39 heavy (non-hydrogen) atoms. The summed E-state index contributed by atoms with van der Waals surface area (Å²) in [6, 6.07) is 25.4. The van der Waals surface area contributed by atoms with Crippen molar-refractivity contribution in [3.05, 3.63) is 118 Å². The van der Waals surface area contributed by atoms with Gasteiger partial charge in [-0.2, -0.15) is 0 Å². The number of carbonyl (C=O) groups excluding carboxylic acids is 2. The van der Waals surface area contributed by atoms with Crippen molar-refractivity contribution >= 4 is 11.8 Å². The largest absolute Gasteiger partial charge is 0.497 e. The van der Waals surface area contributed by atoms with Gasteiger partial charge in [0.05, 0.1) is 32.3 Å². The third-order valence-electron chi connectivity index (χ3n) is 7.55. The standard InChI is InChI=1S/C33H33NO5/c1-21-30(33(36)39-18-17-22-9-5-4-6-10-22)31(26-11-7-8-12-29(26)38-3)32-27(34-21)19-24(20-28(32)35)23-13-15-25(37-2)16-14-23/h4-16,24,31,34H,17-20H2,1-3H3/t24-,31+/m0/s1. The van der Waals surface area contributed by atoms with Crippen LogP contribution in [0, 0.1) is 0 Å². The minimum absolute atomic E-state index is 0.0163. The fraction of sp³-hybridized carbons (Fsp3) is 0.273. The van der Waals surface area contributed by atoms with Gasteiger partial charge in [-0.3, -0.25) is 4.79 Å². The highest BCUT2D eigenvalue weighted by atomic mass is 16.5. The highest BCUT2D eigenvalue weighted by molar-refractivity contribution is 6.04. The third kappa shape index (κ3) is 5.46. The molecular formula is C33H33NO5. The SMILES string of the molecule is COc1ccc([C@@H]2CC(=O)C3=C(C2)NC(C)=C(C(=O)OCCc2ccccc2)[C@H]3c2ccccc2OC)cc1. The molecule has 2 atom stereocenters. The van der Waals surface area contributed by atoms with Gasteiger partial charge in [0.2, 0.25) is 0 Å². The summed E-state index contributed by atoms with van der Waals surface area (Å²) in [4.78, 5) is 27.5. The minimum atomic E-state index is -0.578. The topological polar surface area (TPSA) is 73.9 Å². The number of rotatable bonds is 8. The first-order valence-corrected chi connectivity index (χ1v) is 13.2. The summed E-state index contributed by atoms with van der Waals surface area (Å²) in [6.07, 6.45) is 1.63. The lowest BCUT2D eigenvalue weighted by atomic mass is 9.71. The van der Waals surface area contributed by atoms with Crippen molar-refractivity contribution in [2.75, 3.05) is 20.8 Å². The summed E-state index contributed by atoms with van der Waals surface area (Å²) < 4.78 is 16.8. The molecule has 0 bridgehead atoms. The van der Waals surface area contributed by atoms with E-state index in [4.69, 9.17) is 14.2 Å². The van der Waals surface area contributed by atoms with Gasteiger partial charge in [0.1, 0.15) is 11.5 Å². The van der Waals surface area contributed by atoms with Crippen molar-refractivity contribution in [1.82, 2.24) is 5.32 Å². The second-order valence-corrected chi connectivity index (χ2v) is 9.90. The van der Waals surface area contributed by atoms with Crippen LogP contribution >= 0.6 is 0 Å². The number of esters is 1. The molecule has 0 radical (unpaired) electrons. The maximum atomic E-state index is 13.9. The summed E-state index contributed by atoms with van der Waals surface area (Å²) in [5, 5.41) is 3.42. The van der Waals surface area contributed by atoms with Crippen LogP contribution in [0.25, 0.3) is 0 Å². The number of hydrogen-bond acceptors (Lipinski definition) is 6. The van der Waals surface area contributed by atoms with Crippen LogP contribution in [0.15, 0.2) is 101 Å². The highest BCUT2D eigenvalue weighted by Gasteiger charge is 2.42. The lowest BCUT2D eigenvalue weighted by molar-refractivity contribution is -0.139. The van der Waals surface area contributed by atoms with Crippen molar-refractivity contribution in [3.63, 3.8) is 0 Å². The monoisotopic (exact) mass is 523 g/mol. The van der Waals surface area contributed by atoms with Crippen molar-refractivity contribution in [1.29, 1.82) is 0 Å². The van der Waals surface area contributed by atoms with Crippen molar-refractivity contribution in [2.24, 2.45) is 0 Å². The van der Waals surface area contributed by atoms with E-state index in [9.17, 15) is 9.59 Å². The van der Waals surface area contributed by atoms with Crippen molar-refractivity contribution in [3.8, 4) is 11.5 Å². The summed E-state index contributed by atoms with van der Waals surface area (Å²) in [7, 11) is 3.24. The van der Waals surface area contributed by atoms with Crippen molar-refractivity contribution in [2.45, 2.75) is 38.0 Å². The van der Waals surface area contributed by atoms with Crippen LogP contribution in [0.3, 0.4) is 0 Å². The number of ether oxygens (including phenoxy) is 3. The average molecular weight is 524 g/mol. The Labute approximate surface area is 229 Å². The number of benzene rings is 3. The normalized spacial score (nSPS) is 18.8. The Bertz CT molecular complexity index is 1420. The Hall–Kier alpha value is -4.32. The molecule has 0 saturated heterocycles. The van der Waals surface area contributed by atoms with Gasteiger partial charge >= 0.3 is 5.97 Å². The molecule has 3 aromatic carbocycles. The molecule has 0 unspecified atom stereocenters. The Morgan fingerprint density at radius 1 is 0.897 bits per heavy atom.